The number of hydrogen-bond donors (Lipinski definition) is 3. The van der Waals surface area contributed by atoms with Crippen molar-refractivity contribution in [2.75, 3.05) is 20.1 Å². The summed E-state index contributed by atoms with van der Waals surface area (Å²) < 4.78 is 0. The first-order chi connectivity index (χ1) is 8.40. The first-order valence-electron chi connectivity index (χ1n) is 5.88. The highest BCUT2D eigenvalue weighted by Crippen LogP contribution is 2.04. The number of hydrogen-bond acceptors (Lipinski definition) is 4. The van der Waals surface area contributed by atoms with Crippen LogP contribution in [0.4, 0.5) is 4.79 Å². The molecule has 0 aliphatic carbocycles. The maximum absolute atomic E-state index is 11.4. The molecule has 0 radical (unpaired) electrons. The zero-order chi connectivity index (χ0) is 14.1. The topological polar surface area (TPSA) is 98.7 Å². The molecule has 104 valence electrons. The number of carbonyl (C=O) groups is 3. The van der Waals surface area contributed by atoms with Crippen LogP contribution in [0.25, 0.3) is 0 Å². The maximum Gasteiger partial charge on any atom is 0.321 e. The number of imide groups is 1. The summed E-state index contributed by atoms with van der Waals surface area (Å²) in [5.41, 5.74) is 0. The Labute approximate surface area is 107 Å². The number of nitrogens with one attached hydrogen (secondary N) is 2. The maximum atomic E-state index is 11.4. The number of carboxylic acids is 1. The summed E-state index contributed by atoms with van der Waals surface area (Å²) in [5.74, 6) is -1.24. The number of urea groups is 1. The van der Waals surface area contributed by atoms with Crippen LogP contribution >= 0.6 is 0 Å². The van der Waals surface area contributed by atoms with Crippen LogP contribution in [0.3, 0.4) is 0 Å². The highest BCUT2D eigenvalue weighted by Gasteiger charge is 2.16. The zero-order valence-corrected chi connectivity index (χ0v) is 11.0. The Morgan fingerprint density at radius 3 is 2.39 bits per heavy atom. The molecule has 0 fully saturated rings. The second kappa shape index (κ2) is 8.46. The van der Waals surface area contributed by atoms with Crippen molar-refractivity contribution in [2.45, 2.75) is 32.7 Å². The molecule has 0 spiro atoms. The lowest BCUT2D eigenvalue weighted by molar-refractivity contribution is -0.138. The van der Waals surface area contributed by atoms with E-state index in [0.717, 1.165) is 0 Å². The average Bonchev–Trinajstić information content (AvgIpc) is 2.28. The van der Waals surface area contributed by atoms with Crippen molar-refractivity contribution in [3.63, 3.8) is 0 Å². The molecule has 0 bridgehead atoms. The van der Waals surface area contributed by atoms with Crippen LogP contribution < -0.4 is 10.6 Å². The Morgan fingerprint density at radius 2 is 1.94 bits per heavy atom. The predicted octanol–water partition coefficient (Wildman–Crippen LogP) is 0.0172. The van der Waals surface area contributed by atoms with Crippen LogP contribution in [-0.2, 0) is 9.59 Å². The summed E-state index contributed by atoms with van der Waals surface area (Å²) >= 11 is 0. The highest BCUT2D eigenvalue weighted by atomic mass is 16.4. The number of rotatable bonds is 7. The van der Waals surface area contributed by atoms with E-state index in [2.05, 4.69) is 10.6 Å². The summed E-state index contributed by atoms with van der Waals surface area (Å²) in [6.07, 6.45) is 0.191. The number of carboxylic acid groups (broad SMARTS) is 1. The molecule has 7 heteroatoms. The van der Waals surface area contributed by atoms with Crippen LogP contribution in [0.1, 0.15) is 26.7 Å². The summed E-state index contributed by atoms with van der Waals surface area (Å²) in [4.78, 5) is 34.7. The Hall–Kier alpha value is -1.63. The smallest absolute Gasteiger partial charge is 0.321 e. The van der Waals surface area contributed by atoms with Crippen molar-refractivity contribution in [3.8, 4) is 0 Å². The van der Waals surface area contributed by atoms with E-state index in [0.29, 0.717) is 13.1 Å². The van der Waals surface area contributed by atoms with E-state index in [-0.39, 0.29) is 24.8 Å². The van der Waals surface area contributed by atoms with Crippen molar-refractivity contribution in [1.82, 2.24) is 15.5 Å². The highest BCUT2D eigenvalue weighted by molar-refractivity contribution is 5.94. The number of carbonyl (C=O) groups excluding carboxylic acids is 2. The molecule has 0 aromatic heterocycles. The van der Waals surface area contributed by atoms with Gasteiger partial charge in [0, 0.05) is 26.1 Å². The fraction of sp³-hybridized carbons (Fsp3) is 0.727. The third-order valence-electron chi connectivity index (χ3n) is 2.61. The molecule has 0 aromatic carbocycles. The van der Waals surface area contributed by atoms with E-state index in [1.54, 1.807) is 6.92 Å². The minimum Gasteiger partial charge on any atom is -0.481 e. The van der Waals surface area contributed by atoms with Crippen LogP contribution in [0.2, 0.25) is 0 Å². The van der Waals surface area contributed by atoms with Crippen LogP contribution in [0.5, 0.6) is 0 Å². The van der Waals surface area contributed by atoms with Gasteiger partial charge in [-0.2, -0.15) is 0 Å². The number of aliphatic carboxylic acids is 1. The van der Waals surface area contributed by atoms with Crippen LogP contribution in [-0.4, -0.2) is 54.1 Å². The molecule has 1 atom stereocenters. The zero-order valence-electron chi connectivity index (χ0n) is 11.0. The molecule has 0 aromatic rings. The van der Waals surface area contributed by atoms with E-state index in [1.807, 2.05) is 11.8 Å². The van der Waals surface area contributed by atoms with Crippen molar-refractivity contribution < 1.29 is 19.5 Å². The van der Waals surface area contributed by atoms with Gasteiger partial charge < -0.3 is 10.4 Å². The van der Waals surface area contributed by atoms with Crippen molar-refractivity contribution in [2.24, 2.45) is 0 Å². The van der Waals surface area contributed by atoms with Gasteiger partial charge in [-0.1, -0.05) is 6.92 Å². The first-order valence-corrected chi connectivity index (χ1v) is 5.88. The average molecular weight is 259 g/mol. The van der Waals surface area contributed by atoms with Gasteiger partial charge in [-0.05, 0) is 13.5 Å². The molecule has 3 N–H and O–H groups in total. The normalized spacial score (nSPS) is 12.0. The van der Waals surface area contributed by atoms with E-state index in [4.69, 9.17) is 5.11 Å². The van der Waals surface area contributed by atoms with Gasteiger partial charge in [-0.3, -0.25) is 19.8 Å². The summed E-state index contributed by atoms with van der Waals surface area (Å²) in [6, 6.07) is -0.679. The van der Waals surface area contributed by atoms with Crippen molar-refractivity contribution >= 4 is 17.9 Å². The van der Waals surface area contributed by atoms with Gasteiger partial charge in [0.25, 0.3) is 0 Å². The molecule has 0 rings (SSSR count). The molecular weight excluding hydrogens is 238 g/mol. The molecule has 0 saturated carbocycles. The summed E-state index contributed by atoms with van der Waals surface area (Å²) in [5, 5.41) is 13.1. The number of amides is 3. The second-order valence-corrected chi connectivity index (χ2v) is 3.95. The Kier molecular flexibility index (Phi) is 7.69. The predicted molar refractivity (Wildman–Crippen MR) is 66.2 cm³/mol. The molecule has 7 nitrogen and oxygen atoms in total. The largest absolute Gasteiger partial charge is 0.481 e. The van der Waals surface area contributed by atoms with Gasteiger partial charge in [0.2, 0.25) is 5.91 Å². The Bertz CT molecular complexity index is 307. The number of nitrogens with zero attached hydrogens (tertiary/aromatic N) is 1. The van der Waals surface area contributed by atoms with E-state index >= 15 is 0 Å². The van der Waals surface area contributed by atoms with Crippen molar-refractivity contribution in [3.05, 3.63) is 0 Å². The van der Waals surface area contributed by atoms with Gasteiger partial charge in [0.05, 0.1) is 6.42 Å². The molecule has 0 aliphatic heterocycles. The summed E-state index contributed by atoms with van der Waals surface area (Å²) in [7, 11) is 1.43. The lowest BCUT2D eigenvalue weighted by atomic mass is 10.2. The van der Waals surface area contributed by atoms with E-state index in [9.17, 15) is 14.4 Å². The fourth-order valence-electron chi connectivity index (χ4n) is 1.57. The fourth-order valence-corrected chi connectivity index (χ4v) is 1.57. The van der Waals surface area contributed by atoms with Gasteiger partial charge in [0.15, 0.2) is 0 Å². The SMILES string of the molecule is CCN(CCC(=O)NC(=O)NC)C(C)CC(=O)O. The minimum atomic E-state index is -0.865. The minimum absolute atomic E-state index is 0.0326. The van der Waals surface area contributed by atoms with Gasteiger partial charge in [0.1, 0.15) is 0 Å². The van der Waals surface area contributed by atoms with Gasteiger partial charge in [-0.25, -0.2) is 4.79 Å². The third-order valence-corrected chi connectivity index (χ3v) is 2.61. The van der Waals surface area contributed by atoms with Crippen molar-refractivity contribution in [1.29, 1.82) is 0 Å². The molecule has 0 aliphatic rings. The summed E-state index contributed by atoms with van der Waals surface area (Å²) in [6.45, 7) is 4.78. The molecule has 0 heterocycles. The first kappa shape index (κ1) is 16.4. The monoisotopic (exact) mass is 259 g/mol. The molecule has 1 unspecified atom stereocenters. The lowest BCUT2D eigenvalue weighted by Gasteiger charge is -2.26. The van der Waals surface area contributed by atoms with Gasteiger partial charge in [-0.15, -0.1) is 0 Å². The Balaban J connectivity index is 4.10. The standard InChI is InChI=1S/C11H21N3O4/c1-4-14(8(2)7-10(16)17)6-5-9(15)13-11(18)12-3/h8H,4-7H2,1-3H3,(H,16,17)(H2,12,13,15,18). The molecule has 0 saturated heterocycles. The molecule has 3 amide bonds. The van der Waals surface area contributed by atoms with Crippen LogP contribution in [0, 0.1) is 0 Å². The van der Waals surface area contributed by atoms with Gasteiger partial charge >= 0.3 is 12.0 Å². The second-order valence-electron chi connectivity index (χ2n) is 3.95. The third kappa shape index (κ3) is 6.85. The van der Waals surface area contributed by atoms with Crippen LogP contribution in [0.15, 0.2) is 0 Å². The van der Waals surface area contributed by atoms with E-state index in [1.165, 1.54) is 7.05 Å². The lowest BCUT2D eigenvalue weighted by Crippen LogP contribution is -2.41. The quantitative estimate of drug-likeness (QED) is 0.598. The molecular formula is C11H21N3O4. The van der Waals surface area contributed by atoms with E-state index < -0.39 is 12.0 Å². The Morgan fingerprint density at radius 1 is 1.33 bits per heavy atom. The molecule has 18 heavy (non-hydrogen) atoms.